The Kier molecular flexibility index (Phi) is 2.77. The fourth-order valence-corrected chi connectivity index (χ4v) is 5.00. The standard InChI is InChI=1S/C23H16O4/c24-21-25-19-20(26-21)23(16-11-5-2-6-12-16)18-14-8-7-13-17(18)22(19,27-23)15-9-3-1-4-10-15/h1-14,19-20H/t19-,20-,22+,23+/m0/s1. The zero-order chi connectivity index (χ0) is 18.1. The second-order valence-corrected chi connectivity index (χ2v) is 7.18. The van der Waals surface area contributed by atoms with Gasteiger partial charge in [-0.1, -0.05) is 84.9 Å². The van der Waals surface area contributed by atoms with Gasteiger partial charge in [0.15, 0.2) is 23.4 Å². The van der Waals surface area contributed by atoms with Crippen molar-refractivity contribution in [1.82, 2.24) is 0 Å². The van der Waals surface area contributed by atoms with Crippen molar-refractivity contribution in [3.05, 3.63) is 107 Å². The molecule has 3 heterocycles. The summed E-state index contributed by atoms with van der Waals surface area (Å²) in [6.07, 6.45) is -1.72. The van der Waals surface area contributed by atoms with Gasteiger partial charge in [0.25, 0.3) is 0 Å². The second-order valence-electron chi connectivity index (χ2n) is 7.18. The molecule has 0 radical (unpaired) electrons. The predicted octanol–water partition coefficient (Wildman–Crippen LogP) is 4.12. The lowest BCUT2D eigenvalue weighted by molar-refractivity contribution is -0.0928. The van der Waals surface area contributed by atoms with E-state index in [1.807, 2.05) is 72.8 Å². The highest BCUT2D eigenvalue weighted by Gasteiger charge is 2.76. The molecule has 2 fully saturated rings. The van der Waals surface area contributed by atoms with Crippen molar-refractivity contribution in [2.75, 3.05) is 0 Å². The first-order valence-electron chi connectivity index (χ1n) is 9.05. The summed E-state index contributed by atoms with van der Waals surface area (Å²) in [6.45, 7) is 0. The fraction of sp³-hybridized carbons (Fsp3) is 0.174. The molecular weight excluding hydrogens is 340 g/mol. The lowest BCUT2D eigenvalue weighted by atomic mass is 9.68. The van der Waals surface area contributed by atoms with Crippen molar-refractivity contribution in [3.63, 3.8) is 0 Å². The van der Waals surface area contributed by atoms with Gasteiger partial charge < -0.3 is 14.2 Å². The molecule has 0 aromatic heterocycles. The van der Waals surface area contributed by atoms with Crippen LogP contribution in [0.25, 0.3) is 0 Å². The molecule has 6 rings (SSSR count). The summed E-state index contributed by atoms with van der Waals surface area (Å²) >= 11 is 0. The Balaban J connectivity index is 1.71. The van der Waals surface area contributed by atoms with E-state index in [1.165, 1.54) is 0 Å². The molecule has 4 heteroatoms. The van der Waals surface area contributed by atoms with E-state index in [9.17, 15) is 4.79 Å². The Morgan fingerprint density at radius 1 is 0.593 bits per heavy atom. The van der Waals surface area contributed by atoms with E-state index in [1.54, 1.807) is 0 Å². The number of rotatable bonds is 2. The van der Waals surface area contributed by atoms with Crippen LogP contribution in [-0.2, 0) is 25.4 Å². The number of ether oxygens (including phenoxy) is 3. The van der Waals surface area contributed by atoms with Crippen LogP contribution in [0.4, 0.5) is 4.79 Å². The first kappa shape index (κ1) is 15.0. The molecule has 0 amide bonds. The van der Waals surface area contributed by atoms with Gasteiger partial charge in [-0.25, -0.2) is 4.79 Å². The fourth-order valence-electron chi connectivity index (χ4n) is 5.00. The van der Waals surface area contributed by atoms with Crippen LogP contribution in [0.1, 0.15) is 22.3 Å². The maximum Gasteiger partial charge on any atom is 0.509 e. The van der Waals surface area contributed by atoms with Crippen LogP contribution in [0, 0.1) is 0 Å². The topological polar surface area (TPSA) is 44.8 Å². The molecule has 0 N–H and O–H groups in total. The van der Waals surface area contributed by atoms with E-state index in [2.05, 4.69) is 12.1 Å². The zero-order valence-electron chi connectivity index (χ0n) is 14.4. The van der Waals surface area contributed by atoms with E-state index >= 15 is 0 Å². The Morgan fingerprint density at radius 2 is 1.00 bits per heavy atom. The molecule has 0 saturated carbocycles. The van der Waals surface area contributed by atoms with Crippen LogP contribution in [-0.4, -0.2) is 18.4 Å². The smallest absolute Gasteiger partial charge is 0.423 e. The highest BCUT2D eigenvalue weighted by molar-refractivity contribution is 5.68. The summed E-state index contributed by atoms with van der Waals surface area (Å²) in [5, 5.41) is 0. The van der Waals surface area contributed by atoms with Gasteiger partial charge in [0.2, 0.25) is 0 Å². The number of fused-ring (bicyclic) bond motifs is 8. The Bertz CT molecular complexity index is 966. The lowest BCUT2D eigenvalue weighted by Gasteiger charge is -2.33. The van der Waals surface area contributed by atoms with Gasteiger partial charge in [-0.15, -0.1) is 0 Å². The van der Waals surface area contributed by atoms with Crippen molar-refractivity contribution in [2.45, 2.75) is 23.4 Å². The molecular formula is C23H16O4. The molecule has 3 aliphatic rings. The normalized spacial score (nSPS) is 32.5. The molecule has 4 nitrogen and oxygen atoms in total. The molecule has 3 aromatic carbocycles. The van der Waals surface area contributed by atoms with E-state index in [0.29, 0.717) is 0 Å². The van der Waals surface area contributed by atoms with Crippen molar-refractivity contribution in [2.24, 2.45) is 0 Å². The third-order valence-electron chi connectivity index (χ3n) is 5.98. The van der Waals surface area contributed by atoms with E-state index in [0.717, 1.165) is 22.3 Å². The minimum absolute atomic E-state index is 0.539. The van der Waals surface area contributed by atoms with Crippen LogP contribution in [0.3, 0.4) is 0 Å². The van der Waals surface area contributed by atoms with E-state index in [-0.39, 0.29) is 0 Å². The molecule has 132 valence electrons. The van der Waals surface area contributed by atoms with Crippen LogP contribution >= 0.6 is 0 Å². The average molecular weight is 356 g/mol. The van der Waals surface area contributed by atoms with E-state index < -0.39 is 29.6 Å². The first-order chi connectivity index (χ1) is 13.3. The quantitative estimate of drug-likeness (QED) is 0.648. The Labute approximate surface area is 156 Å². The van der Waals surface area contributed by atoms with Crippen molar-refractivity contribution < 1.29 is 19.0 Å². The minimum atomic E-state index is -0.884. The van der Waals surface area contributed by atoms with Crippen LogP contribution in [0.2, 0.25) is 0 Å². The van der Waals surface area contributed by atoms with Gasteiger partial charge >= 0.3 is 6.16 Å². The van der Waals surface area contributed by atoms with Crippen molar-refractivity contribution >= 4 is 6.16 Å². The molecule has 2 saturated heterocycles. The molecule has 27 heavy (non-hydrogen) atoms. The number of carbonyl (C=O) groups is 1. The van der Waals surface area contributed by atoms with Gasteiger partial charge in [0.05, 0.1) is 0 Å². The van der Waals surface area contributed by atoms with Crippen LogP contribution < -0.4 is 0 Å². The van der Waals surface area contributed by atoms with Crippen LogP contribution in [0.5, 0.6) is 0 Å². The monoisotopic (exact) mass is 356 g/mol. The van der Waals surface area contributed by atoms with Gasteiger partial charge in [-0.2, -0.15) is 0 Å². The van der Waals surface area contributed by atoms with Gasteiger partial charge in [-0.05, 0) is 22.3 Å². The number of carbonyl (C=O) groups excluding carboxylic acids is 1. The molecule has 3 aliphatic heterocycles. The molecule has 3 aromatic rings. The molecule has 4 atom stereocenters. The minimum Gasteiger partial charge on any atom is -0.423 e. The summed E-state index contributed by atoms with van der Waals surface area (Å²) in [4.78, 5) is 12.2. The third-order valence-corrected chi connectivity index (χ3v) is 5.98. The molecule has 0 spiro atoms. The van der Waals surface area contributed by atoms with Gasteiger partial charge in [-0.3, -0.25) is 0 Å². The predicted molar refractivity (Wildman–Crippen MR) is 97.1 cm³/mol. The highest BCUT2D eigenvalue weighted by Crippen LogP contribution is 2.66. The largest absolute Gasteiger partial charge is 0.509 e. The summed E-state index contributed by atoms with van der Waals surface area (Å²) in [5.41, 5.74) is 2.20. The summed E-state index contributed by atoms with van der Waals surface area (Å²) in [5.74, 6) is 0. The van der Waals surface area contributed by atoms with E-state index in [4.69, 9.17) is 14.2 Å². The summed E-state index contributed by atoms with van der Waals surface area (Å²) in [7, 11) is 0. The van der Waals surface area contributed by atoms with Crippen LogP contribution in [0.15, 0.2) is 84.9 Å². The molecule has 2 bridgehead atoms. The first-order valence-corrected chi connectivity index (χ1v) is 9.05. The number of hydrogen-bond donors (Lipinski definition) is 0. The summed E-state index contributed by atoms with van der Waals surface area (Å²) < 4.78 is 18.3. The molecule has 0 aliphatic carbocycles. The molecule has 0 unspecified atom stereocenters. The maximum atomic E-state index is 12.2. The van der Waals surface area contributed by atoms with Crippen molar-refractivity contribution in [1.29, 1.82) is 0 Å². The summed E-state index contributed by atoms with van der Waals surface area (Å²) in [6, 6.07) is 28.0. The SMILES string of the molecule is O=C1O[C@H]2[C@H](O1)[C@]1(c3ccccc3)O[C@]2(c2ccccc2)c2ccccc21. The second kappa shape index (κ2) is 4.99. The van der Waals surface area contributed by atoms with Gasteiger partial charge in [0.1, 0.15) is 0 Å². The Hall–Kier alpha value is -3.11. The maximum absolute atomic E-state index is 12.2. The highest BCUT2D eigenvalue weighted by atomic mass is 16.8. The number of benzene rings is 3. The Morgan fingerprint density at radius 3 is 1.44 bits per heavy atom. The third kappa shape index (κ3) is 1.65. The lowest BCUT2D eigenvalue weighted by Crippen LogP contribution is -2.46. The van der Waals surface area contributed by atoms with Gasteiger partial charge in [0, 0.05) is 0 Å². The zero-order valence-corrected chi connectivity index (χ0v) is 14.4. The number of hydrogen-bond acceptors (Lipinski definition) is 4. The average Bonchev–Trinajstić information content (AvgIpc) is 3.35. The van der Waals surface area contributed by atoms with Crippen molar-refractivity contribution in [3.8, 4) is 0 Å².